The van der Waals surface area contributed by atoms with Crippen molar-refractivity contribution in [3.63, 3.8) is 0 Å². The fraction of sp³-hybridized carbons (Fsp3) is 0.196. The third-order valence-electron chi connectivity index (χ3n) is 10.4. The molecule has 0 spiro atoms. The number of nitrogens with zero attached hydrogens (tertiary/aromatic N) is 3. The maximum Gasteiger partial charge on any atom is 1.00 e. The maximum absolute atomic E-state index is 11.8. The first kappa shape index (κ1) is 48.4. The Labute approximate surface area is 386 Å². The summed E-state index contributed by atoms with van der Waals surface area (Å²) in [7, 11) is -13.3. The van der Waals surface area contributed by atoms with E-state index >= 15 is 0 Å². The number of allylic oxidation sites excluding steroid dienone is 5. The molecular weight excluding hydrogens is 858 g/mol. The van der Waals surface area contributed by atoms with E-state index in [1.165, 1.54) is 36.4 Å². The molecule has 0 saturated heterocycles. The van der Waals surface area contributed by atoms with E-state index < -0.39 is 30.4 Å². The summed E-state index contributed by atoms with van der Waals surface area (Å²) in [6, 6.07) is 34.8. The van der Waals surface area contributed by atoms with Crippen LogP contribution in [0.2, 0.25) is 0 Å². The molecule has 0 aromatic heterocycles. The Balaban J connectivity index is 0.00000726. The molecule has 0 saturated carbocycles. The van der Waals surface area contributed by atoms with Gasteiger partial charge in [-0.25, -0.2) is 13.0 Å². The van der Waals surface area contributed by atoms with E-state index in [1.54, 1.807) is 24.3 Å². The van der Waals surface area contributed by atoms with Gasteiger partial charge in [0, 0.05) is 55.3 Å². The minimum absolute atomic E-state index is 0. The van der Waals surface area contributed by atoms with Crippen LogP contribution >= 0.6 is 0 Å². The molecule has 0 aliphatic heterocycles. The summed E-state index contributed by atoms with van der Waals surface area (Å²) in [6.45, 7) is 9.12. The van der Waals surface area contributed by atoms with Crippen LogP contribution in [0.5, 0.6) is 0 Å². The predicted octanol–water partition coefficient (Wildman–Crippen LogP) is 4.74. The zero-order valence-corrected chi connectivity index (χ0v) is 39.4. The minimum atomic E-state index is -4.59. The van der Waals surface area contributed by atoms with E-state index in [1.807, 2.05) is 106 Å². The Hall–Kier alpha value is -4.68. The fourth-order valence-corrected chi connectivity index (χ4v) is 8.89. The van der Waals surface area contributed by atoms with Crippen molar-refractivity contribution in [1.29, 1.82) is 0 Å². The Morgan fingerprint density at radius 3 is 1.37 bits per heavy atom. The van der Waals surface area contributed by atoms with Crippen LogP contribution in [0, 0.1) is 0 Å². The van der Waals surface area contributed by atoms with E-state index in [2.05, 4.69) is 14.4 Å². The van der Waals surface area contributed by atoms with E-state index in [0.717, 1.165) is 50.5 Å². The molecule has 5 aromatic rings. The van der Waals surface area contributed by atoms with Crippen LogP contribution in [0.3, 0.4) is 0 Å². The molecule has 0 amide bonds. The fourth-order valence-electron chi connectivity index (χ4n) is 7.24. The molecule has 0 atom stereocenters. The number of hydrogen-bond donors (Lipinski definition) is 2. The van der Waals surface area contributed by atoms with Crippen LogP contribution in [0.1, 0.15) is 48.6 Å². The van der Waals surface area contributed by atoms with Crippen molar-refractivity contribution in [2.75, 3.05) is 29.4 Å². The van der Waals surface area contributed by atoms with Crippen molar-refractivity contribution in [3.8, 4) is 0 Å². The standard InChI is InChI=1S/C46H47N3O9S3.Na/c1-4-47(31-34-10-7-13-43(28-34)59(50,51)52)40-22-16-37(17-23-40)46(38-18-24-41(25-19-38)48(5-2)32-35-11-8-14-44(29-35)60(53,54)55)39-20-26-42(27-21-39)49(6-3)33-36-12-9-15-45(30-36)61(56,57)58;/h7-30H,4-6,31-33H2,1-3H3,(H2-,50,51,52,53,54,55,56,57,58);/q;+1. The van der Waals surface area contributed by atoms with Gasteiger partial charge in [0.2, 0.25) is 0 Å². The molecule has 12 nitrogen and oxygen atoms in total. The molecule has 62 heavy (non-hydrogen) atoms. The number of benzene rings is 5. The summed E-state index contributed by atoms with van der Waals surface area (Å²) in [5.74, 6) is 0. The van der Waals surface area contributed by atoms with E-state index in [9.17, 15) is 38.9 Å². The van der Waals surface area contributed by atoms with Gasteiger partial charge in [0.25, 0.3) is 20.2 Å². The maximum atomic E-state index is 11.8. The topological polar surface area (TPSA) is 175 Å². The SMILES string of the molecule is CCN(Cc1cccc(S(=O)(=O)[O-])c1)c1ccc(C(=C2C=CC(=[N+](CC)Cc3cccc(S(=O)(=O)O)c3)C=C2)c2ccc(N(CC)Cc3cccc(S(=O)(=O)O)c3)cc2)cc1.[Na+]. The Morgan fingerprint density at radius 2 is 0.968 bits per heavy atom. The first-order valence-corrected chi connectivity index (χ1v) is 23.9. The summed E-state index contributed by atoms with van der Waals surface area (Å²) in [6.07, 6.45) is 8.12. The first-order valence-electron chi connectivity index (χ1n) is 19.6. The second-order valence-corrected chi connectivity index (χ2v) is 18.6. The molecule has 0 radical (unpaired) electrons. The monoisotopic (exact) mass is 904 g/mol. The van der Waals surface area contributed by atoms with Gasteiger partial charge in [-0.2, -0.15) is 16.8 Å². The van der Waals surface area contributed by atoms with Crippen LogP contribution < -0.4 is 39.4 Å². The smallest absolute Gasteiger partial charge is 0.744 e. The molecule has 0 unspecified atom stereocenters. The number of anilines is 2. The third kappa shape index (κ3) is 12.3. The average molecular weight is 905 g/mol. The summed E-state index contributed by atoms with van der Waals surface area (Å²) in [4.78, 5) is 3.59. The van der Waals surface area contributed by atoms with E-state index in [-0.39, 0.29) is 44.2 Å². The van der Waals surface area contributed by atoms with Gasteiger partial charge in [0.15, 0.2) is 12.3 Å². The van der Waals surface area contributed by atoms with Crippen LogP contribution in [0.15, 0.2) is 166 Å². The van der Waals surface area contributed by atoms with Crippen LogP contribution in [-0.4, -0.2) is 68.8 Å². The molecule has 318 valence electrons. The molecule has 6 rings (SSSR count). The van der Waals surface area contributed by atoms with Gasteiger partial charge < -0.3 is 14.4 Å². The molecular formula is C46H47N3NaO9S3+. The zero-order chi connectivity index (χ0) is 44.0. The second-order valence-electron chi connectivity index (χ2n) is 14.4. The Morgan fingerprint density at radius 1 is 0.565 bits per heavy atom. The van der Waals surface area contributed by atoms with Gasteiger partial charge in [-0.1, -0.05) is 60.7 Å². The zero-order valence-electron chi connectivity index (χ0n) is 34.9. The normalized spacial score (nSPS) is 12.8. The second kappa shape index (κ2) is 20.7. The third-order valence-corrected chi connectivity index (χ3v) is 12.9. The summed E-state index contributed by atoms with van der Waals surface area (Å²) < 4.78 is 103. The van der Waals surface area contributed by atoms with Crippen molar-refractivity contribution in [3.05, 3.63) is 179 Å². The van der Waals surface area contributed by atoms with Gasteiger partial charge in [-0.05, 0) is 127 Å². The molecule has 0 bridgehead atoms. The molecule has 1 aliphatic carbocycles. The van der Waals surface area contributed by atoms with Gasteiger partial charge in [0.05, 0.1) is 14.7 Å². The van der Waals surface area contributed by atoms with Crippen molar-refractivity contribution >= 4 is 53.0 Å². The van der Waals surface area contributed by atoms with Crippen LogP contribution in [0.25, 0.3) is 5.57 Å². The van der Waals surface area contributed by atoms with Crippen LogP contribution in [-0.2, 0) is 50.0 Å². The first-order chi connectivity index (χ1) is 29.0. The van der Waals surface area contributed by atoms with E-state index in [4.69, 9.17) is 0 Å². The number of hydrogen-bond acceptors (Lipinski definition) is 9. The van der Waals surface area contributed by atoms with Gasteiger partial charge in [0.1, 0.15) is 16.7 Å². The largest absolute Gasteiger partial charge is 1.00 e. The van der Waals surface area contributed by atoms with E-state index in [0.29, 0.717) is 44.8 Å². The van der Waals surface area contributed by atoms with Gasteiger partial charge in [-0.3, -0.25) is 9.11 Å². The molecule has 0 fully saturated rings. The quantitative estimate of drug-likeness (QED) is 0.0795. The van der Waals surface area contributed by atoms with Crippen LogP contribution in [0.4, 0.5) is 11.4 Å². The Bertz CT molecular complexity index is 2730. The van der Waals surface area contributed by atoms with Crippen molar-refractivity contribution < 1.29 is 73.0 Å². The average Bonchev–Trinajstić information content (AvgIpc) is 3.24. The molecule has 16 heteroatoms. The molecule has 1 aliphatic rings. The van der Waals surface area contributed by atoms with Crippen molar-refractivity contribution in [2.24, 2.45) is 0 Å². The minimum Gasteiger partial charge on any atom is -0.744 e. The molecule has 5 aromatic carbocycles. The van der Waals surface area contributed by atoms with Crippen molar-refractivity contribution in [1.82, 2.24) is 0 Å². The summed E-state index contributed by atoms with van der Waals surface area (Å²) >= 11 is 0. The molecule has 0 heterocycles. The predicted molar refractivity (Wildman–Crippen MR) is 237 cm³/mol. The number of rotatable bonds is 16. The van der Waals surface area contributed by atoms with Crippen molar-refractivity contribution in [2.45, 2.75) is 55.1 Å². The summed E-state index contributed by atoms with van der Waals surface area (Å²) in [5, 5.41) is 0. The molecule has 2 N–H and O–H groups in total. The van der Waals surface area contributed by atoms with Gasteiger partial charge >= 0.3 is 29.6 Å². The van der Waals surface area contributed by atoms with Gasteiger partial charge in [-0.15, -0.1) is 0 Å². The summed E-state index contributed by atoms with van der Waals surface area (Å²) in [5.41, 5.74) is 8.63. The Kier molecular flexibility index (Phi) is 16.1.